The van der Waals surface area contributed by atoms with Crippen molar-refractivity contribution < 1.29 is 14.0 Å². The predicted molar refractivity (Wildman–Crippen MR) is 87.1 cm³/mol. The van der Waals surface area contributed by atoms with Gasteiger partial charge in [-0.05, 0) is 43.2 Å². The smallest absolute Gasteiger partial charge is 0.257 e. The Labute approximate surface area is 139 Å². The molecule has 1 fully saturated rings. The van der Waals surface area contributed by atoms with Crippen LogP contribution in [0.1, 0.15) is 28.8 Å². The van der Waals surface area contributed by atoms with Crippen LogP contribution in [0, 0.1) is 17.2 Å². The number of hydrogen-bond acceptors (Lipinski definition) is 4. The number of carbonyl (C=O) groups is 2. The van der Waals surface area contributed by atoms with E-state index in [9.17, 15) is 9.59 Å². The normalized spacial score (nSPS) is 14.9. The summed E-state index contributed by atoms with van der Waals surface area (Å²) in [5, 5.41) is 11.6. The molecule has 0 spiro atoms. The van der Waals surface area contributed by atoms with E-state index in [-0.39, 0.29) is 17.7 Å². The van der Waals surface area contributed by atoms with E-state index in [1.165, 1.54) is 12.5 Å². The number of benzene rings is 1. The summed E-state index contributed by atoms with van der Waals surface area (Å²) in [5.41, 5.74) is 1.77. The van der Waals surface area contributed by atoms with E-state index in [4.69, 9.17) is 9.68 Å². The van der Waals surface area contributed by atoms with E-state index in [1.54, 1.807) is 35.2 Å². The van der Waals surface area contributed by atoms with Crippen molar-refractivity contribution in [1.29, 1.82) is 5.26 Å². The fourth-order valence-electron chi connectivity index (χ4n) is 2.79. The van der Waals surface area contributed by atoms with Crippen LogP contribution in [-0.2, 0) is 4.79 Å². The van der Waals surface area contributed by atoms with Crippen molar-refractivity contribution in [3.05, 3.63) is 54.0 Å². The number of amides is 2. The van der Waals surface area contributed by atoms with Gasteiger partial charge in [0.15, 0.2) is 0 Å². The molecule has 0 aliphatic carbocycles. The number of rotatable bonds is 3. The Kier molecular flexibility index (Phi) is 4.62. The Morgan fingerprint density at radius 2 is 1.88 bits per heavy atom. The second-order valence-electron chi connectivity index (χ2n) is 5.76. The van der Waals surface area contributed by atoms with Crippen molar-refractivity contribution >= 4 is 17.5 Å². The van der Waals surface area contributed by atoms with E-state index >= 15 is 0 Å². The van der Waals surface area contributed by atoms with Gasteiger partial charge in [0, 0.05) is 24.7 Å². The van der Waals surface area contributed by atoms with Crippen molar-refractivity contribution in [2.24, 2.45) is 5.92 Å². The zero-order valence-corrected chi connectivity index (χ0v) is 13.1. The summed E-state index contributed by atoms with van der Waals surface area (Å²) in [7, 11) is 0. The molecule has 1 N–H and O–H groups in total. The maximum atomic E-state index is 12.3. The van der Waals surface area contributed by atoms with Crippen LogP contribution in [0.25, 0.3) is 0 Å². The summed E-state index contributed by atoms with van der Waals surface area (Å²) in [4.78, 5) is 26.3. The molecule has 1 aliphatic heterocycles. The lowest BCUT2D eigenvalue weighted by atomic mass is 9.95. The maximum Gasteiger partial charge on any atom is 0.257 e. The van der Waals surface area contributed by atoms with Crippen LogP contribution < -0.4 is 5.32 Å². The van der Waals surface area contributed by atoms with Crippen LogP contribution >= 0.6 is 0 Å². The molecule has 1 aliphatic rings. The maximum absolute atomic E-state index is 12.3. The number of carbonyl (C=O) groups excluding carboxylic acids is 2. The molecule has 0 saturated carbocycles. The first-order chi connectivity index (χ1) is 11.7. The topological polar surface area (TPSA) is 86.3 Å². The summed E-state index contributed by atoms with van der Waals surface area (Å²) >= 11 is 0. The first-order valence-electron chi connectivity index (χ1n) is 7.80. The quantitative estimate of drug-likeness (QED) is 0.940. The van der Waals surface area contributed by atoms with Crippen LogP contribution in [-0.4, -0.2) is 29.8 Å². The Bertz CT molecular complexity index is 752. The first-order valence-corrected chi connectivity index (χ1v) is 7.80. The standard InChI is InChI=1S/C18H17N3O3/c19-11-13-1-3-16(4-2-13)20-17(22)14-5-8-21(9-6-14)18(23)15-7-10-24-12-15/h1-4,7,10,12,14H,5-6,8-9H2,(H,20,22). The number of piperidine rings is 1. The second-order valence-corrected chi connectivity index (χ2v) is 5.76. The first kappa shape index (κ1) is 15.8. The van der Waals surface area contributed by atoms with Gasteiger partial charge < -0.3 is 14.6 Å². The molecule has 122 valence electrons. The molecule has 2 amide bonds. The van der Waals surface area contributed by atoms with Gasteiger partial charge in [0.05, 0.1) is 23.5 Å². The van der Waals surface area contributed by atoms with Crippen LogP contribution in [0.4, 0.5) is 5.69 Å². The van der Waals surface area contributed by atoms with E-state index in [0.29, 0.717) is 42.7 Å². The molecule has 6 heteroatoms. The number of anilines is 1. The summed E-state index contributed by atoms with van der Waals surface area (Å²) in [5.74, 6) is -0.223. The lowest BCUT2D eigenvalue weighted by molar-refractivity contribution is -0.121. The molecule has 0 radical (unpaired) electrons. The molecular formula is C18H17N3O3. The fraction of sp³-hybridized carbons (Fsp3) is 0.278. The number of hydrogen-bond donors (Lipinski definition) is 1. The number of nitrogens with zero attached hydrogens (tertiary/aromatic N) is 2. The van der Waals surface area contributed by atoms with Gasteiger partial charge in [-0.25, -0.2) is 0 Å². The van der Waals surface area contributed by atoms with E-state index < -0.39 is 0 Å². The highest BCUT2D eigenvalue weighted by molar-refractivity contribution is 5.95. The summed E-state index contributed by atoms with van der Waals surface area (Å²) < 4.78 is 4.94. The molecule has 2 aromatic rings. The van der Waals surface area contributed by atoms with Gasteiger partial charge in [-0.15, -0.1) is 0 Å². The van der Waals surface area contributed by atoms with Gasteiger partial charge >= 0.3 is 0 Å². The molecule has 0 bridgehead atoms. The Hall–Kier alpha value is -3.07. The largest absolute Gasteiger partial charge is 0.472 e. The molecule has 3 rings (SSSR count). The zero-order valence-electron chi connectivity index (χ0n) is 13.1. The molecule has 1 aromatic heterocycles. The van der Waals surface area contributed by atoms with Crippen molar-refractivity contribution in [3.63, 3.8) is 0 Å². The number of furan rings is 1. The lowest BCUT2D eigenvalue weighted by Gasteiger charge is -2.31. The van der Waals surface area contributed by atoms with Crippen LogP contribution in [0.3, 0.4) is 0 Å². The third-order valence-electron chi connectivity index (χ3n) is 4.20. The molecule has 6 nitrogen and oxygen atoms in total. The van der Waals surface area contributed by atoms with Crippen molar-refractivity contribution in [2.75, 3.05) is 18.4 Å². The molecule has 0 atom stereocenters. The number of nitriles is 1. The number of likely N-dealkylation sites (tertiary alicyclic amines) is 1. The monoisotopic (exact) mass is 323 g/mol. The molecule has 0 unspecified atom stereocenters. The van der Waals surface area contributed by atoms with E-state index in [0.717, 1.165) is 0 Å². The fourth-order valence-corrected chi connectivity index (χ4v) is 2.79. The molecular weight excluding hydrogens is 306 g/mol. The van der Waals surface area contributed by atoms with Crippen LogP contribution in [0.5, 0.6) is 0 Å². The second kappa shape index (κ2) is 7.01. The Balaban J connectivity index is 1.53. The highest BCUT2D eigenvalue weighted by atomic mass is 16.3. The van der Waals surface area contributed by atoms with Gasteiger partial charge in [0.2, 0.25) is 5.91 Å². The van der Waals surface area contributed by atoms with Gasteiger partial charge in [-0.2, -0.15) is 5.26 Å². The van der Waals surface area contributed by atoms with Gasteiger partial charge in [0.25, 0.3) is 5.91 Å². The minimum Gasteiger partial charge on any atom is -0.472 e. The predicted octanol–water partition coefficient (Wildman–Crippen LogP) is 2.64. The Morgan fingerprint density at radius 1 is 1.17 bits per heavy atom. The number of nitrogens with one attached hydrogen (secondary N) is 1. The van der Waals surface area contributed by atoms with Crippen molar-refractivity contribution in [3.8, 4) is 6.07 Å². The average molecular weight is 323 g/mol. The molecule has 1 aromatic carbocycles. The van der Waals surface area contributed by atoms with E-state index in [1.807, 2.05) is 6.07 Å². The minimum atomic E-state index is -0.117. The van der Waals surface area contributed by atoms with E-state index in [2.05, 4.69) is 5.32 Å². The Morgan fingerprint density at radius 3 is 2.46 bits per heavy atom. The SMILES string of the molecule is N#Cc1ccc(NC(=O)C2CCN(C(=O)c3ccoc3)CC2)cc1. The highest BCUT2D eigenvalue weighted by Gasteiger charge is 2.28. The molecule has 24 heavy (non-hydrogen) atoms. The van der Waals surface area contributed by atoms with Crippen molar-refractivity contribution in [2.45, 2.75) is 12.8 Å². The average Bonchev–Trinajstić information content (AvgIpc) is 3.16. The highest BCUT2D eigenvalue weighted by Crippen LogP contribution is 2.21. The minimum absolute atomic E-state index is 0.0462. The lowest BCUT2D eigenvalue weighted by Crippen LogP contribution is -2.41. The third kappa shape index (κ3) is 3.46. The van der Waals surface area contributed by atoms with Crippen LogP contribution in [0.2, 0.25) is 0 Å². The summed E-state index contributed by atoms with van der Waals surface area (Å²) in [6.07, 6.45) is 4.18. The summed E-state index contributed by atoms with van der Waals surface area (Å²) in [6.45, 7) is 1.10. The van der Waals surface area contributed by atoms with Gasteiger partial charge in [-0.3, -0.25) is 9.59 Å². The molecule has 1 saturated heterocycles. The molecule has 2 heterocycles. The van der Waals surface area contributed by atoms with Crippen molar-refractivity contribution in [1.82, 2.24) is 4.90 Å². The van der Waals surface area contributed by atoms with Crippen LogP contribution in [0.15, 0.2) is 47.3 Å². The van der Waals surface area contributed by atoms with Gasteiger partial charge in [0.1, 0.15) is 6.26 Å². The third-order valence-corrected chi connectivity index (χ3v) is 4.20. The zero-order chi connectivity index (χ0) is 16.9. The van der Waals surface area contributed by atoms with Gasteiger partial charge in [-0.1, -0.05) is 0 Å². The summed E-state index contributed by atoms with van der Waals surface area (Å²) in [6, 6.07) is 10.5.